The van der Waals surface area contributed by atoms with Crippen molar-refractivity contribution in [3.8, 4) is 0 Å². The van der Waals surface area contributed by atoms with Crippen molar-refractivity contribution in [1.82, 2.24) is 15.1 Å². The highest BCUT2D eigenvalue weighted by Gasteiger charge is 2.38. The summed E-state index contributed by atoms with van der Waals surface area (Å²) in [6.45, 7) is 5.05. The molecule has 24 heavy (non-hydrogen) atoms. The molecule has 1 fully saturated rings. The van der Waals surface area contributed by atoms with E-state index in [-0.39, 0.29) is 18.1 Å². The molecular formula is C19H31N3O2. The van der Waals surface area contributed by atoms with Gasteiger partial charge in [-0.2, -0.15) is 0 Å². The molecule has 1 heterocycles. The number of aliphatic hydroxyl groups is 1. The van der Waals surface area contributed by atoms with Gasteiger partial charge in [-0.1, -0.05) is 30.3 Å². The van der Waals surface area contributed by atoms with Gasteiger partial charge in [-0.3, -0.25) is 0 Å². The number of nitrogens with zero attached hydrogens (tertiary/aromatic N) is 2. The lowest BCUT2D eigenvalue weighted by Crippen LogP contribution is -2.54. The summed E-state index contributed by atoms with van der Waals surface area (Å²) in [6, 6.07) is 10.1. The maximum absolute atomic E-state index is 12.8. The zero-order valence-electron chi connectivity index (χ0n) is 15.3. The van der Waals surface area contributed by atoms with E-state index in [9.17, 15) is 9.90 Å². The van der Waals surface area contributed by atoms with Gasteiger partial charge in [-0.15, -0.1) is 0 Å². The van der Waals surface area contributed by atoms with Crippen molar-refractivity contribution in [3.05, 3.63) is 35.9 Å². The van der Waals surface area contributed by atoms with Crippen LogP contribution in [0.5, 0.6) is 0 Å². The lowest BCUT2D eigenvalue weighted by atomic mass is 9.97. The molecule has 1 aromatic carbocycles. The van der Waals surface area contributed by atoms with Gasteiger partial charge in [0, 0.05) is 19.1 Å². The summed E-state index contributed by atoms with van der Waals surface area (Å²) < 4.78 is 0. The Morgan fingerprint density at radius 2 is 2.04 bits per heavy atom. The normalized spacial score (nSPS) is 19.6. The summed E-state index contributed by atoms with van der Waals surface area (Å²) in [4.78, 5) is 16.7. The molecule has 0 aromatic heterocycles. The summed E-state index contributed by atoms with van der Waals surface area (Å²) >= 11 is 0. The molecule has 134 valence electrons. The minimum absolute atomic E-state index is 0.0398. The van der Waals surface area contributed by atoms with Gasteiger partial charge >= 0.3 is 6.03 Å². The first-order valence-electron chi connectivity index (χ1n) is 8.75. The van der Waals surface area contributed by atoms with Crippen molar-refractivity contribution in [1.29, 1.82) is 0 Å². The van der Waals surface area contributed by atoms with Gasteiger partial charge in [0.2, 0.25) is 0 Å². The Labute approximate surface area is 145 Å². The number of likely N-dealkylation sites (N-methyl/N-ethyl adjacent to an activating group) is 1. The Bertz CT molecular complexity index is 525. The standard InChI is InChI=1S/C19H31N3O2/c1-19(2,24)17-11-8-12-22(17)18(23)20-16(14-21(3)4)13-15-9-6-5-7-10-15/h5-7,9-10,16-17,24H,8,11-14H2,1-4H3,(H,20,23)/t16-,17-/m1/s1. The Hall–Kier alpha value is -1.59. The Balaban J connectivity index is 2.04. The molecule has 2 N–H and O–H groups in total. The molecule has 0 radical (unpaired) electrons. The van der Waals surface area contributed by atoms with Crippen molar-refractivity contribution in [2.45, 2.75) is 50.8 Å². The van der Waals surface area contributed by atoms with Crippen LogP contribution in [0, 0.1) is 0 Å². The van der Waals surface area contributed by atoms with Crippen molar-refractivity contribution in [2.24, 2.45) is 0 Å². The second-order valence-electron chi connectivity index (χ2n) is 7.60. The van der Waals surface area contributed by atoms with E-state index in [0.717, 1.165) is 25.8 Å². The van der Waals surface area contributed by atoms with Crippen molar-refractivity contribution in [3.63, 3.8) is 0 Å². The lowest BCUT2D eigenvalue weighted by molar-refractivity contribution is 0.00935. The number of benzene rings is 1. The van der Waals surface area contributed by atoms with Crippen LogP contribution in [0.15, 0.2) is 30.3 Å². The van der Waals surface area contributed by atoms with Gasteiger partial charge in [0.05, 0.1) is 11.6 Å². The van der Waals surface area contributed by atoms with Gasteiger partial charge in [-0.05, 0) is 52.8 Å². The molecule has 2 amide bonds. The molecule has 1 aromatic rings. The van der Waals surface area contributed by atoms with Crippen molar-refractivity contribution < 1.29 is 9.90 Å². The predicted octanol–water partition coefficient (Wildman–Crippen LogP) is 2.10. The quantitative estimate of drug-likeness (QED) is 0.838. The number of carbonyl (C=O) groups excluding carboxylic acids is 1. The number of nitrogens with one attached hydrogen (secondary N) is 1. The summed E-state index contributed by atoms with van der Waals surface area (Å²) in [5.41, 5.74) is 0.342. The molecule has 5 heteroatoms. The molecule has 2 rings (SSSR count). The van der Waals surface area contributed by atoms with Crippen LogP contribution in [-0.2, 0) is 6.42 Å². The molecule has 1 aliphatic heterocycles. The van der Waals surface area contributed by atoms with Gasteiger partial charge in [0.1, 0.15) is 0 Å². The van der Waals surface area contributed by atoms with Crippen LogP contribution in [0.3, 0.4) is 0 Å². The minimum Gasteiger partial charge on any atom is -0.388 e. The molecule has 0 bridgehead atoms. The van der Waals surface area contributed by atoms with E-state index in [1.54, 1.807) is 18.7 Å². The van der Waals surface area contributed by atoms with Crippen molar-refractivity contribution >= 4 is 6.03 Å². The van der Waals surface area contributed by atoms with Gasteiger partial charge in [0.25, 0.3) is 0 Å². The Kier molecular flexibility index (Phi) is 6.24. The molecule has 2 atom stereocenters. The topological polar surface area (TPSA) is 55.8 Å². The fourth-order valence-corrected chi connectivity index (χ4v) is 3.50. The number of urea groups is 1. The number of rotatable bonds is 6. The van der Waals surface area contributed by atoms with E-state index in [4.69, 9.17) is 0 Å². The minimum atomic E-state index is -0.871. The number of amides is 2. The van der Waals surface area contributed by atoms with E-state index in [1.807, 2.05) is 32.3 Å². The van der Waals surface area contributed by atoms with Gasteiger partial charge in [-0.25, -0.2) is 4.79 Å². The number of likely N-dealkylation sites (tertiary alicyclic amines) is 1. The van der Waals surface area contributed by atoms with Crippen LogP contribution < -0.4 is 5.32 Å². The van der Waals surface area contributed by atoms with E-state index in [1.165, 1.54) is 5.56 Å². The van der Waals surface area contributed by atoms with Crippen LogP contribution >= 0.6 is 0 Å². The van der Waals surface area contributed by atoms with Crippen LogP contribution in [0.2, 0.25) is 0 Å². The predicted molar refractivity (Wildman–Crippen MR) is 97.0 cm³/mol. The lowest BCUT2D eigenvalue weighted by Gasteiger charge is -2.35. The maximum Gasteiger partial charge on any atom is 0.318 e. The highest BCUT2D eigenvalue weighted by molar-refractivity contribution is 5.75. The third-order valence-electron chi connectivity index (χ3n) is 4.57. The molecule has 5 nitrogen and oxygen atoms in total. The highest BCUT2D eigenvalue weighted by atomic mass is 16.3. The van der Waals surface area contributed by atoms with Crippen LogP contribution in [0.4, 0.5) is 4.79 Å². The average Bonchev–Trinajstić information content (AvgIpc) is 2.97. The van der Waals surface area contributed by atoms with E-state index < -0.39 is 5.60 Å². The molecule has 0 spiro atoms. The number of hydrogen-bond donors (Lipinski definition) is 2. The van der Waals surface area contributed by atoms with Crippen LogP contribution in [0.1, 0.15) is 32.3 Å². The van der Waals surface area contributed by atoms with E-state index >= 15 is 0 Å². The van der Waals surface area contributed by atoms with E-state index in [0.29, 0.717) is 6.54 Å². The molecule has 1 saturated heterocycles. The second-order valence-corrected chi connectivity index (χ2v) is 7.60. The SMILES string of the molecule is CN(C)C[C@@H](Cc1ccccc1)NC(=O)N1CCC[C@@H]1C(C)(C)O. The number of hydrogen-bond acceptors (Lipinski definition) is 3. The van der Waals surface area contributed by atoms with Crippen molar-refractivity contribution in [2.75, 3.05) is 27.2 Å². The maximum atomic E-state index is 12.8. The Morgan fingerprint density at radius 3 is 2.62 bits per heavy atom. The third kappa shape index (κ3) is 5.21. The fraction of sp³-hybridized carbons (Fsp3) is 0.632. The zero-order chi connectivity index (χ0) is 17.7. The Morgan fingerprint density at radius 1 is 1.38 bits per heavy atom. The van der Waals surface area contributed by atoms with Gasteiger partial charge in [0.15, 0.2) is 0 Å². The zero-order valence-corrected chi connectivity index (χ0v) is 15.3. The first-order chi connectivity index (χ1) is 11.3. The first kappa shape index (κ1) is 18.7. The molecule has 0 saturated carbocycles. The summed E-state index contributed by atoms with van der Waals surface area (Å²) in [6.07, 6.45) is 2.60. The first-order valence-corrected chi connectivity index (χ1v) is 8.75. The second kappa shape index (κ2) is 7.99. The monoisotopic (exact) mass is 333 g/mol. The smallest absolute Gasteiger partial charge is 0.318 e. The summed E-state index contributed by atoms with van der Waals surface area (Å²) in [5.74, 6) is 0. The summed E-state index contributed by atoms with van der Waals surface area (Å²) in [7, 11) is 4.03. The van der Waals surface area contributed by atoms with E-state index in [2.05, 4.69) is 22.3 Å². The highest BCUT2D eigenvalue weighted by Crippen LogP contribution is 2.26. The largest absolute Gasteiger partial charge is 0.388 e. The molecule has 0 unspecified atom stereocenters. The summed E-state index contributed by atoms with van der Waals surface area (Å²) in [5, 5.41) is 13.5. The average molecular weight is 333 g/mol. The molecule has 1 aliphatic rings. The van der Waals surface area contributed by atoms with Gasteiger partial charge < -0.3 is 20.2 Å². The van der Waals surface area contributed by atoms with Crippen LogP contribution in [-0.4, -0.2) is 65.8 Å². The van der Waals surface area contributed by atoms with Crippen LogP contribution in [0.25, 0.3) is 0 Å². The molecule has 0 aliphatic carbocycles. The molecular weight excluding hydrogens is 302 g/mol. The third-order valence-corrected chi connectivity index (χ3v) is 4.57. The fourth-order valence-electron chi connectivity index (χ4n) is 3.50. The number of carbonyl (C=O) groups is 1.